The van der Waals surface area contributed by atoms with Gasteiger partial charge in [0.1, 0.15) is 11.0 Å². The van der Waals surface area contributed by atoms with E-state index in [4.69, 9.17) is 17.3 Å². The molecule has 1 amide bonds. The Morgan fingerprint density at radius 2 is 2.28 bits per heavy atom. The van der Waals surface area contributed by atoms with Crippen LogP contribution in [0.3, 0.4) is 0 Å². The maximum atomic E-state index is 12.3. The molecule has 1 unspecified atom stereocenters. The number of rotatable bonds is 5. The van der Waals surface area contributed by atoms with Crippen LogP contribution < -0.4 is 5.73 Å². The summed E-state index contributed by atoms with van der Waals surface area (Å²) in [4.78, 5) is 17.9. The molecule has 0 aliphatic heterocycles. The number of hydrogen-bond donors (Lipinski definition) is 1. The summed E-state index contributed by atoms with van der Waals surface area (Å²) in [5.41, 5.74) is 6.08. The van der Waals surface area contributed by atoms with E-state index in [0.29, 0.717) is 5.56 Å². The average molecular weight is 288 g/mol. The number of nitrogen functional groups attached to an aromatic ring is 1. The third kappa shape index (κ3) is 3.78. The summed E-state index contributed by atoms with van der Waals surface area (Å²) in [6, 6.07) is 3.31. The molecule has 0 bridgehead atoms. The Labute approximate surface area is 117 Å². The van der Waals surface area contributed by atoms with Crippen molar-refractivity contribution in [3.05, 3.63) is 22.8 Å². The number of aromatic nitrogens is 1. The van der Waals surface area contributed by atoms with Crippen LogP contribution in [0.15, 0.2) is 12.1 Å². The van der Waals surface area contributed by atoms with Crippen molar-refractivity contribution < 1.29 is 4.79 Å². The Kier molecular flexibility index (Phi) is 5.75. The van der Waals surface area contributed by atoms with E-state index in [-0.39, 0.29) is 22.9 Å². The zero-order chi connectivity index (χ0) is 13.7. The van der Waals surface area contributed by atoms with Crippen molar-refractivity contribution in [2.45, 2.75) is 19.4 Å². The van der Waals surface area contributed by atoms with Crippen molar-refractivity contribution in [2.24, 2.45) is 0 Å². The number of amides is 1. The van der Waals surface area contributed by atoms with Crippen LogP contribution in [0.2, 0.25) is 5.15 Å². The lowest BCUT2D eigenvalue weighted by Gasteiger charge is -2.26. The molecule has 18 heavy (non-hydrogen) atoms. The molecule has 1 aromatic rings. The van der Waals surface area contributed by atoms with Crippen molar-refractivity contribution in [1.82, 2.24) is 9.88 Å². The first-order valence-corrected chi connectivity index (χ1v) is 7.46. The van der Waals surface area contributed by atoms with Crippen LogP contribution in [-0.4, -0.2) is 40.9 Å². The van der Waals surface area contributed by atoms with Crippen molar-refractivity contribution in [3.8, 4) is 0 Å². The maximum absolute atomic E-state index is 12.3. The monoisotopic (exact) mass is 287 g/mol. The Bertz CT molecular complexity index is 408. The van der Waals surface area contributed by atoms with Gasteiger partial charge in [0.15, 0.2) is 0 Å². The van der Waals surface area contributed by atoms with Gasteiger partial charge in [0.2, 0.25) is 0 Å². The average Bonchev–Trinajstić information content (AvgIpc) is 2.33. The minimum absolute atomic E-state index is 0.0769. The minimum atomic E-state index is -0.0769. The van der Waals surface area contributed by atoms with Gasteiger partial charge in [0, 0.05) is 24.4 Å². The van der Waals surface area contributed by atoms with E-state index in [2.05, 4.69) is 11.9 Å². The number of nitrogens with two attached hydrogens (primary N) is 1. The van der Waals surface area contributed by atoms with Gasteiger partial charge in [0.05, 0.1) is 0 Å². The Morgan fingerprint density at radius 1 is 1.61 bits per heavy atom. The van der Waals surface area contributed by atoms with E-state index in [1.54, 1.807) is 35.8 Å². The Morgan fingerprint density at radius 3 is 2.78 bits per heavy atom. The summed E-state index contributed by atoms with van der Waals surface area (Å²) in [7, 11) is 1.80. The smallest absolute Gasteiger partial charge is 0.254 e. The molecule has 0 aliphatic rings. The molecule has 1 aromatic heterocycles. The molecule has 6 heteroatoms. The van der Waals surface area contributed by atoms with Gasteiger partial charge in [-0.1, -0.05) is 18.5 Å². The number of halogens is 1. The number of anilines is 1. The van der Waals surface area contributed by atoms with Gasteiger partial charge in [0.25, 0.3) is 5.91 Å². The second-order valence-corrected chi connectivity index (χ2v) is 5.33. The zero-order valence-corrected chi connectivity index (χ0v) is 12.4. The summed E-state index contributed by atoms with van der Waals surface area (Å²) in [6.45, 7) is 2.07. The quantitative estimate of drug-likeness (QED) is 0.846. The fourth-order valence-electron chi connectivity index (χ4n) is 1.71. The molecule has 0 spiro atoms. The van der Waals surface area contributed by atoms with Gasteiger partial charge in [-0.25, -0.2) is 4.98 Å². The maximum Gasteiger partial charge on any atom is 0.254 e. The second-order valence-electron chi connectivity index (χ2n) is 4.04. The lowest BCUT2D eigenvalue weighted by atomic mass is 10.1. The van der Waals surface area contributed by atoms with E-state index in [0.717, 1.165) is 12.2 Å². The molecule has 1 heterocycles. The molecule has 0 aromatic carbocycles. The van der Waals surface area contributed by atoms with Crippen LogP contribution in [0.25, 0.3) is 0 Å². The lowest BCUT2D eigenvalue weighted by molar-refractivity contribution is 0.0743. The van der Waals surface area contributed by atoms with Crippen molar-refractivity contribution >= 4 is 35.1 Å². The first-order chi connectivity index (χ1) is 8.49. The molecule has 0 fully saturated rings. The van der Waals surface area contributed by atoms with Gasteiger partial charge in [-0.15, -0.1) is 0 Å². The summed E-state index contributed by atoms with van der Waals surface area (Å²) in [5.74, 6) is 1.09. The highest BCUT2D eigenvalue weighted by atomic mass is 35.5. The predicted molar refractivity (Wildman–Crippen MR) is 78.2 cm³/mol. The van der Waals surface area contributed by atoms with Crippen molar-refractivity contribution in [2.75, 3.05) is 24.8 Å². The van der Waals surface area contributed by atoms with Gasteiger partial charge in [-0.2, -0.15) is 11.8 Å². The molecule has 2 N–H and O–H groups in total. The van der Waals surface area contributed by atoms with Crippen LogP contribution in [0, 0.1) is 0 Å². The highest BCUT2D eigenvalue weighted by Gasteiger charge is 2.20. The molecule has 0 saturated carbocycles. The number of carbonyl (C=O) groups is 1. The SMILES string of the molecule is CCC(CSC)N(C)C(=O)c1cc(N)nc(Cl)c1. The highest BCUT2D eigenvalue weighted by molar-refractivity contribution is 7.98. The molecule has 100 valence electrons. The zero-order valence-electron chi connectivity index (χ0n) is 10.8. The number of hydrogen-bond acceptors (Lipinski definition) is 4. The summed E-state index contributed by atoms with van der Waals surface area (Å²) in [5, 5.41) is 0.240. The van der Waals surface area contributed by atoms with Crippen molar-refractivity contribution in [3.63, 3.8) is 0 Å². The molecule has 1 rings (SSSR count). The second kappa shape index (κ2) is 6.85. The first-order valence-electron chi connectivity index (χ1n) is 5.68. The first kappa shape index (κ1) is 15.1. The van der Waals surface area contributed by atoms with Gasteiger partial charge in [-0.05, 0) is 24.8 Å². The molecule has 1 atom stereocenters. The highest BCUT2D eigenvalue weighted by Crippen LogP contribution is 2.16. The van der Waals surface area contributed by atoms with Gasteiger partial charge >= 0.3 is 0 Å². The minimum Gasteiger partial charge on any atom is -0.384 e. The predicted octanol–water partition coefficient (Wildman–Crippen LogP) is 2.53. The standard InChI is InChI=1S/C12H18ClN3OS/c1-4-9(7-18-3)16(2)12(17)8-5-10(13)15-11(14)6-8/h5-6,9H,4,7H2,1-3H3,(H2,14,15). The van der Waals surface area contributed by atoms with Gasteiger partial charge in [-0.3, -0.25) is 4.79 Å². The van der Waals surface area contributed by atoms with Crippen molar-refractivity contribution in [1.29, 1.82) is 0 Å². The number of carbonyl (C=O) groups excluding carboxylic acids is 1. The van der Waals surface area contributed by atoms with E-state index >= 15 is 0 Å². The Balaban J connectivity index is 2.91. The summed E-state index contributed by atoms with van der Waals surface area (Å²) in [6.07, 6.45) is 2.94. The number of nitrogens with zero attached hydrogens (tertiary/aromatic N) is 2. The fraction of sp³-hybridized carbons (Fsp3) is 0.500. The third-order valence-corrected chi connectivity index (χ3v) is 3.67. The molecule has 0 saturated heterocycles. The van der Waals surface area contributed by atoms with Crippen LogP contribution in [-0.2, 0) is 0 Å². The molecular weight excluding hydrogens is 270 g/mol. The van der Waals surface area contributed by atoms with Crippen LogP contribution in [0.1, 0.15) is 23.7 Å². The summed E-state index contributed by atoms with van der Waals surface area (Å²) >= 11 is 7.53. The molecular formula is C12H18ClN3OS. The normalized spacial score (nSPS) is 12.2. The van der Waals surface area contributed by atoms with Crippen LogP contribution in [0.4, 0.5) is 5.82 Å². The number of thioether (sulfide) groups is 1. The lowest BCUT2D eigenvalue weighted by Crippen LogP contribution is -2.38. The molecule has 4 nitrogen and oxygen atoms in total. The fourth-order valence-corrected chi connectivity index (χ4v) is 2.77. The molecule has 0 aliphatic carbocycles. The van der Waals surface area contributed by atoms with E-state index in [9.17, 15) is 4.79 Å². The molecule has 0 radical (unpaired) electrons. The van der Waals surface area contributed by atoms with E-state index in [1.165, 1.54) is 0 Å². The van der Waals surface area contributed by atoms with Crippen LogP contribution in [0.5, 0.6) is 0 Å². The van der Waals surface area contributed by atoms with E-state index in [1.807, 2.05) is 6.26 Å². The van der Waals surface area contributed by atoms with E-state index < -0.39 is 0 Å². The topological polar surface area (TPSA) is 59.2 Å². The van der Waals surface area contributed by atoms with Crippen LogP contribution >= 0.6 is 23.4 Å². The third-order valence-electron chi connectivity index (χ3n) is 2.76. The summed E-state index contributed by atoms with van der Waals surface area (Å²) < 4.78 is 0. The number of pyridine rings is 1. The largest absolute Gasteiger partial charge is 0.384 e. The van der Waals surface area contributed by atoms with Gasteiger partial charge < -0.3 is 10.6 Å². The Hall–Kier alpha value is -0.940.